The zero-order valence-electron chi connectivity index (χ0n) is 8.13. The normalized spacial score (nSPS) is 29.1. The molecule has 0 aromatic carbocycles. The summed E-state index contributed by atoms with van der Waals surface area (Å²) >= 11 is 0. The summed E-state index contributed by atoms with van der Waals surface area (Å²) in [4.78, 5) is 0. The van der Waals surface area contributed by atoms with Crippen LogP contribution in [0.3, 0.4) is 0 Å². The van der Waals surface area contributed by atoms with Crippen LogP contribution < -0.4 is 5.32 Å². The maximum Gasteiger partial charge on any atom is 0.0643 e. The average molecular weight is 185 g/mol. The molecule has 3 heteroatoms. The second kappa shape index (κ2) is 4.94. The van der Waals surface area contributed by atoms with Gasteiger partial charge in [0.15, 0.2) is 0 Å². The molecule has 0 aromatic heterocycles. The van der Waals surface area contributed by atoms with Crippen molar-refractivity contribution in [3.63, 3.8) is 0 Å². The third-order valence-electron chi connectivity index (χ3n) is 2.80. The molecule has 0 aromatic rings. The van der Waals surface area contributed by atoms with Crippen LogP contribution in [0.2, 0.25) is 0 Å². The summed E-state index contributed by atoms with van der Waals surface area (Å²) in [5, 5.41) is 3.46. The summed E-state index contributed by atoms with van der Waals surface area (Å²) in [6.45, 7) is 3.91. The summed E-state index contributed by atoms with van der Waals surface area (Å²) < 4.78 is 10.6. The second-order valence-electron chi connectivity index (χ2n) is 3.97. The van der Waals surface area contributed by atoms with Crippen LogP contribution in [0.15, 0.2) is 0 Å². The van der Waals surface area contributed by atoms with Gasteiger partial charge in [-0.25, -0.2) is 0 Å². The lowest BCUT2D eigenvalue weighted by Gasteiger charge is -2.27. The van der Waals surface area contributed by atoms with Crippen molar-refractivity contribution in [1.29, 1.82) is 0 Å². The van der Waals surface area contributed by atoms with Crippen molar-refractivity contribution in [3.8, 4) is 0 Å². The Morgan fingerprint density at radius 3 is 2.85 bits per heavy atom. The van der Waals surface area contributed by atoms with E-state index < -0.39 is 0 Å². The van der Waals surface area contributed by atoms with Crippen LogP contribution in [-0.4, -0.2) is 38.5 Å². The lowest BCUT2D eigenvalue weighted by molar-refractivity contribution is -0.00539. The van der Waals surface area contributed by atoms with Gasteiger partial charge in [-0.2, -0.15) is 0 Å². The molecule has 3 nitrogen and oxygen atoms in total. The van der Waals surface area contributed by atoms with Gasteiger partial charge in [0.1, 0.15) is 0 Å². The Labute approximate surface area is 79.8 Å². The van der Waals surface area contributed by atoms with E-state index >= 15 is 0 Å². The Balaban J connectivity index is 1.43. The van der Waals surface area contributed by atoms with Gasteiger partial charge in [0.25, 0.3) is 0 Å². The molecule has 0 spiro atoms. The summed E-state index contributed by atoms with van der Waals surface area (Å²) in [7, 11) is 0. The molecule has 0 amide bonds. The second-order valence-corrected chi connectivity index (χ2v) is 3.97. The highest BCUT2D eigenvalue weighted by molar-refractivity contribution is 4.73. The third-order valence-corrected chi connectivity index (χ3v) is 2.80. The molecular formula is C10H19NO2. The van der Waals surface area contributed by atoms with Crippen LogP contribution in [-0.2, 0) is 9.47 Å². The molecule has 76 valence electrons. The van der Waals surface area contributed by atoms with E-state index in [9.17, 15) is 0 Å². The van der Waals surface area contributed by atoms with E-state index in [0.29, 0.717) is 12.1 Å². The predicted octanol–water partition coefficient (Wildman–Crippen LogP) is 0.934. The standard InChI is InChI=1S/C10H19NO2/c1(3-10-4-2-6-13-10)5-11-9-7-12-8-9/h9-11H,1-8H2. The fraction of sp³-hybridized carbons (Fsp3) is 1.00. The van der Waals surface area contributed by atoms with Crippen molar-refractivity contribution in [2.45, 2.75) is 37.8 Å². The fourth-order valence-electron chi connectivity index (χ4n) is 1.86. The average Bonchev–Trinajstić information content (AvgIpc) is 2.53. The highest BCUT2D eigenvalue weighted by Crippen LogP contribution is 2.16. The van der Waals surface area contributed by atoms with Crippen LogP contribution in [0.5, 0.6) is 0 Å². The molecule has 1 N–H and O–H groups in total. The molecule has 0 aliphatic carbocycles. The van der Waals surface area contributed by atoms with Gasteiger partial charge in [-0.05, 0) is 32.2 Å². The smallest absolute Gasteiger partial charge is 0.0643 e. The SMILES string of the molecule is C(CNC1COC1)CC1CCCO1. The largest absolute Gasteiger partial charge is 0.378 e. The number of ether oxygens (including phenoxy) is 2. The number of nitrogens with one attached hydrogen (secondary N) is 1. The van der Waals surface area contributed by atoms with Crippen LogP contribution in [0.4, 0.5) is 0 Å². The Morgan fingerprint density at radius 1 is 1.31 bits per heavy atom. The zero-order chi connectivity index (χ0) is 8.93. The first-order valence-electron chi connectivity index (χ1n) is 5.38. The van der Waals surface area contributed by atoms with Gasteiger partial charge in [-0.1, -0.05) is 0 Å². The molecule has 0 bridgehead atoms. The van der Waals surface area contributed by atoms with Gasteiger partial charge in [0.2, 0.25) is 0 Å². The summed E-state index contributed by atoms with van der Waals surface area (Å²) in [5.41, 5.74) is 0. The molecular weight excluding hydrogens is 166 g/mol. The topological polar surface area (TPSA) is 30.5 Å². The van der Waals surface area contributed by atoms with Gasteiger partial charge in [-0.15, -0.1) is 0 Å². The first-order valence-corrected chi connectivity index (χ1v) is 5.38. The Bertz CT molecular complexity index is 142. The van der Waals surface area contributed by atoms with E-state index in [0.717, 1.165) is 26.4 Å². The molecule has 2 aliphatic rings. The Hall–Kier alpha value is -0.120. The molecule has 2 rings (SSSR count). The molecule has 13 heavy (non-hydrogen) atoms. The quantitative estimate of drug-likeness (QED) is 0.646. The third kappa shape index (κ3) is 2.93. The van der Waals surface area contributed by atoms with Crippen molar-refractivity contribution in [2.75, 3.05) is 26.4 Å². The van der Waals surface area contributed by atoms with Crippen molar-refractivity contribution >= 4 is 0 Å². The monoisotopic (exact) mass is 185 g/mol. The lowest BCUT2D eigenvalue weighted by atomic mass is 10.1. The highest BCUT2D eigenvalue weighted by Gasteiger charge is 2.18. The van der Waals surface area contributed by atoms with Gasteiger partial charge >= 0.3 is 0 Å². The van der Waals surface area contributed by atoms with Gasteiger partial charge in [0, 0.05) is 6.61 Å². The first kappa shape index (κ1) is 9.44. The Kier molecular flexibility index (Phi) is 3.58. The maximum absolute atomic E-state index is 5.55. The van der Waals surface area contributed by atoms with Gasteiger partial charge in [-0.3, -0.25) is 0 Å². The van der Waals surface area contributed by atoms with E-state index in [-0.39, 0.29) is 0 Å². The summed E-state index contributed by atoms with van der Waals surface area (Å²) in [5.74, 6) is 0. The first-order chi connectivity index (χ1) is 6.45. The van der Waals surface area contributed by atoms with Crippen LogP contribution in [0.25, 0.3) is 0 Å². The van der Waals surface area contributed by atoms with Crippen LogP contribution >= 0.6 is 0 Å². The maximum atomic E-state index is 5.55. The highest BCUT2D eigenvalue weighted by atomic mass is 16.5. The van der Waals surface area contributed by atoms with Gasteiger partial charge in [0.05, 0.1) is 25.4 Å². The molecule has 1 atom stereocenters. The molecule has 2 saturated heterocycles. The molecule has 0 radical (unpaired) electrons. The minimum absolute atomic E-state index is 0.555. The summed E-state index contributed by atoms with van der Waals surface area (Å²) in [6, 6.07) is 0.629. The molecule has 2 aliphatic heterocycles. The summed E-state index contributed by atoms with van der Waals surface area (Å²) in [6.07, 6.45) is 5.54. The van der Waals surface area contributed by atoms with E-state index in [1.165, 1.54) is 25.7 Å². The van der Waals surface area contributed by atoms with Crippen LogP contribution in [0, 0.1) is 0 Å². The van der Waals surface area contributed by atoms with Crippen molar-refractivity contribution in [3.05, 3.63) is 0 Å². The fourth-order valence-corrected chi connectivity index (χ4v) is 1.86. The molecule has 0 saturated carbocycles. The number of hydrogen-bond donors (Lipinski definition) is 1. The number of hydrogen-bond acceptors (Lipinski definition) is 3. The minimum atomic E-state index is 0.555. The predicted molar refractivity (Wildman–Crippen MR) is 50.8 cm³/mol. The van der Waals surface area contributed by atoms with Crippen LogP contribution in [0.1, 0.15) is 25.7 Å². The van der Waals surface area contributed by atoms with Gasteiger partial charge < -0.3 is 14.8 Å². The molecule has 2 fully saturated rings. The Morgan fingerprint density at radius 2 is 2.23 bits per heavy atom. The van der Waals surface area contributed by atoms with E-state index in [1.807, 2.05) is 0 Å². The van der Waals surface area contributed by atoms with E-state index in [1.54, 1.807) is 0 Å². The molecule has 2 heterocycles. The van der Waals surface area contributed by atoms with E-state index in [4.69, 9.17) is 9.47 Å². The van der Waals surface area contributed by atoms with E-state index in [2.05, 4.69) is 5.32 Å². The number of rotatable bonds is 5. The van der Waals surface area contributed by atoms with Crippen molar-refractivity contribution in [2.24, 2.45) is 0 Å². The molecule has 1 unspecified atom stereocenters. The zero-order valence-corrected chi connectivity index (χ0v) is 8.13. The van der Waals surface area contributed by atoms with Crippen molar-refractivity contribution in [1.82, 2.24) is 5.32 Å². The minimum Gasteiger partial charge on any atom is -0.378 e. The lowest BCUT2D eigenvalue weighted by Crippen LogP contribution is -2.46. The van der Waals surface area contributed by atoms with Crippen molar-refractivity contribution < 1.29 is 9.47 Å².